The van der Waals surface area contributed by atoms with Crippen LogP contribution in [0.15, 0.2) is 36.5 Å². The molecular weight excluding hydrogens is 424 g/mol. The third-order valence-electron chi connectivity index (χ3n) is 3.92. The molecular formula is C21H23ClN4O3S. The van der Waals surface area contributed by atoms with E-state index < -0.39 is 11.7 Å². The monoisotopic (exact) mass is 446 g/mol. The molecule has 0 spiro atoms. The Morgan fingerprint density at radius 1 is 1.20 bits per heavy atom. The quantitative estimate of drug-likeness (QED) is 0.481. The van der Waals surface area contributed by atoms with E-state index in [2.05, 4.69) is 15.0 Å². The first-order valence-electron chi connectivity index (χ1n) is 9.25. The number of nitrogens with zero attached hydrogens (tertiary/aromatic N) is 4. The molecule has 3 rings (SSSR count). The molecule has 0 saturated carbocycles. The van der Waals surface area contributed by atoms with Crippen molar-refractivity contribution < 1.29 is 14.3 Å². The van der Waals surface area contributed by atoms with Gasteiger partial charge in [0.1, 0.15) is 11.4 Å². The molecule has 158 valence electrons. The average molecular weight is 447 g/mol. The summed E-state index contributed by atoms with van der Waals surface area (Å²) in [5.41, 5.74) is 1.69. The minimum Gasteiger partial charge on any atom is -0.497 e. The Balaban J connectivity index is 1.93. The van der Waals surface area contributed by atoms with Crippen LogP contribution in [0.1, 0.15) is 32.0 Å². The Morgan fingerprint density at radius 2 is 1.90 bits per heavy atom. The number of benzene rings is 1. The van der Waals surface area contributed by atoms with Crippen LogP contribution in [0.2, 0.25) is 5.28 Å². The van der Waals surface area contributed by atoms with Crippen LogP contribution < -0.4 is 9.64 Å². The lowest BCUT2D eigenvalue weighted by atomic mass is 10.2. The van der Waals surface area contributed by atoms with Crippen molar-refractivity contribution in [1.29, 1.82) is 0 Å². The Morgan fingerprint density at radius 3 is 2.50 bits per heavy atom. The van der Waals surface area contributed by atoms with Gasteiger partial charge in [-0.05, 0) is 63.1 Å². The molecule has 7 nitrogen and oxygen atoms in total. The lowest BCUT2D eigenvalue weighted by Crippen LogP contribution is -2.36. The molecule has 0 N–H and O–H groups in total. The normalized spacial score (nSPS) is 11.3. The van der Waals surface area contributed by atoms with Crippen molar-refractivity contribution in [3.05, 3.63) is 53.1 Å². The van der Waals surface area contributed by atoms with E-state index >= 15 is 0 Å². The molecule has 0 radical (unpaired) electrons. The standard InChI is InChI=1S/C21H23ClN4O3S/c1-13-10-16(25-18(22)24-13)17-11-23-19(30-17)26(20(27)29-21(2,3)4)12-14-6-8-15(28-5)9-7-14/h6-11H,12H2,1-5H3. The highest BCUT2D eigenvalue weighted by Crippen LogP contribution is 2.32. The number of methoxy groups -OCH3 is 1. The number of carbonyl (C=O) groups excluding carboxylic acids is 1. The molecule has 3 aromatic rings. The molecule has 0 aliphatic rings. The van der Waals surface area contributed by atoms with Gasteiger partial charge in [-0.25, -0.2) is 24.6 Å². The van der Waals surface area contributed by atoms with Gasteiger partial charge >= 0.3 is 6.09 Å². The Labute approximate surface area is 184 Å². The summed E-state index contributed by atoms with van der Waals surface area (Å²) in [4.78, 5) is 28.0. The summed E-state index contributed by atoms with van der Waals surface area (Å²) in [7, 11) is 1.61. The van der Waals surface area contributed by atoms with E-state index in [4.69, 9.17) is 21.1 Å². The Bertz CT molecular complexity index is 1010. The van der Waals surface area contributed by atoms with Crippen molar-refractivity contribution in [3.8, 4) is 16.3 Å². The van der Waals surface area contributed by atoms with E-state index in [0.717, 1.165) is 21.9 Å². The van der Waals surface area contributed by atoms with Gasteiger partial charge in [-0.1, -0.05) is 23.5 Å². The number of hydrogen-bond acceptors (Lipinski definition) is 7. The van der Waals surface area contributed by atoms with Gasteiger partial charge < -0.3 is 9.47 Å². The van der Waals surface area contributed by atoms with E-state index in [0.29, 0.717) is 17.4 Å². The van der Waals surface area contributed by atoms with Crippen LogP contribution in [-0.2, 0) is 11.3 Å². The largest absolute Gasteiger partial charge is 0.497 e. The zero-order valence-electron chi connectivity index (χ0n) is 17.5. The van der Waals surface area contributed by atoms with Crippen molar-refractivity contribution in [3.63, 3.8) is 0 Å². The summed E-state index contributed by atoms with van der Waals surface area (Å²) < 4.78 is 10.8. The van der Waals surface area contributed by atoms with Crippen LogP contribution >= 0.6 is 22.9 Å². The van der Waals surface area contributed by atoms with Gasteiger partial charge in [-0.15, -0.1) is 0 Å². The average Bonchev–Trinajstić information content (AvgIpc) is 3.14. The fourth-order valence-corrected chi connectivity index (χ4v) is 3.70. The van der Waals surface area contributed by atoms with Crippen molar-refractivity contribution in [2.75, 3.05) is 12.0 Å². The SMILES string of the molecule is COc1ccc(CN(C(=O)OC(C)(C)C)c2ncc(-c3cc(C)nc(Cl)n3)s2)cc1. The van der Waals surface area contributed by atoms with E-state index in [1.54, 1.807) is 13.3 Å². The molecule has 0 bridgehead atoms. The molecule has 0 aliphatic heterocycles. The maximum Gasteiger partial charge on any atom is 0.416 e. The van der Waals surface area contributed by atoms with Crippen LogP contribution in [-0.4, -0.2) is 33.8 Å². The minimum absolute atomic E-state index is 0.169. The van der Waals surface area contributed by atoms with Crippen LogP contribution in [0.4, 0.5) is 9.93 Å². The van der Waals surface area contributed by atoms with Crippen molar-refractivity contribution in [2.45, 2.75) is 39.8 Å². The fraction of sp³-hybridized carbons (Fsp3) is 0.333. The lowest BCUT2D eigenvalue weighted by molar-refractivity contribution is 0.0577. The second kappa shape index (κ2) is 8.97. The number of ether oxygens (including phenoxy) is 2. The van der Waals surface area contributed by atoms with Crippen LogP contribution in [0.3, 0.4) is 0 Å². The summed E-state index contributed by atoms with van der Waals surface area (Å²) >= 11 is 7.32. The zero-order valence-corrected chi connectivity index (χ0v) is 19.0. The van der Waals surface area contributed by atoms with Gasteiger partial charge in [-0.3, -0.25) is 0 Å². The number of amides is 1. The molecule has 1 amide bonds. The van der Waals surface area contributed by atoms with Gasteiger partial charge in [0.25, 0.3) is 0 Å². The second-order valence-corrected chi connectivity index (χ2v) is 8.93. The number of anilines is 1. The highest BCUT2D eigenvalue weighted by Gasteiger charge is 2.26. The Hall–Kier alpha value is -2.71. The maximum absolute atomic E-state index is 12.9. The van der Waals surface area contributed by atoms with Crippen LogP contribution in [0, 0.1) is 6.92 Å². The molecule has 0 saturated heterocycles. The second-order valence-electron chi connectivity index (χ2n) is 7.59. The number of aromatic nitrogens is 3. The summed E-state index contributed by atoms with van der Waals surface area (Å²) in [5.74, 6) is 0.745. The van der Waals surface area contributed by atoms with Gasteiger partial charge in [0.05, 0.1) is 24.2 Å². The highest BCUT2D eigenvalue weighted by atomic mass is 35.5. The Kier molecular flexibility index (Phi) is 6.58. The highest BCUT2D eigenvalue weighted by molar-refractivity contribution is 7.19. The molecule has 30 heavy (non-hydrogen) atoms. The molecule has 2 heterocycles. The summed E-state index contributed by atoms with van der Waals surface area (Å²) in [6, 6.07) is 9.32. The lowest BCUT2D eigenvalue weighted by Gasteiger charge is -2.26. The van der Waals surface area contributed by atoms with E-state index in [1.807, 2.05) is 58.0 Å². The molecule has 9 heteroatoms. The molecule has 0 aliphatic carbocycles. The predicted octanol–water partition coefficient (Wildman–Crippen LogP) is 5.51. The zero-order chi connectivity index (χ0) is 21.9. The van der Waals surface area contributed by atoms with Gasteiger partial charge in [0.2, 0.25) is 5.28 Å². The van der Waals surface area contributed by atoms with E-state index in [1.165, 1.54) is 16.2 Å². The molecule has 0 atom stereocenters. The topological polar surface area (TPSA) is 77.4 Å². The van der Waals surface area contributed by atoms with E-state index in [-0.39, 0.29) is 5.28 Å². The van der Waals surface area contributed by atoms with Crippen LogP contribution in [0.25, 0.3) is 10.6 Å². The molecule has 1 aromatic carbocycles. The third kappa shape index (κ3) is 5.67. The third-order valence-corrected chi connectivity index (χ3v) is 5.13. The first-order chi connectivity index (χ1) is 14.1. The molecule has 2 aromatic heterocycles. The summed E-state index contributed by atoms with van der Waals surface area (Å²) in [6.45, 7) is 7.63. The minimum atomic E-state index is -0.632. The summed E-state index contributed by atoms with van der Waals surface area (Å²) in [6.07, 6.45) is 1.19. The van der Waals surface area contributed by atoms with Crippen molar-refractivity contribution >= 4 is 34.2 Å². The van der Waals surface area contributed by atoms with Gasteiger partial charge in [-0.2, -0.15) is 0 Å². The van der Waals surface area contributed by atoms with Crippen molar-refractivity contribution in [2.24, 2.45) is 0 Å². The number of thiazole rings is 1. The van der Waals surface area contributed by atoms with Crippen molar-refractivity contribution in [1.82, 2.24) is 15.0 Å². The summed E-state index contributed by atoms with van der Waals surface area (Å²) in [5, 5.41) is 0.671. The van der Waals surface area contributed by atoms with Gasteiger partial charge in [0.15, 0.2) is 5.13 Å². The molecule has 0 unspecified atom stereocenters. The first kappa shape index (κ1) is 22.0. The number of halogens is 1. The fourth-order valence-electron chi connectivity index (χ4n) is 2.61. The molecule has 0 fully saturated rings. The number of aryl methyl sites for hydroxylation is 1. The number of carbonyl (C=O) groups is 1. The van der Waals surface area contributed by atoms with Gasteiger partial charge in [0, 0.05) is 11.9 Å². The smallest absolute Gasteiger partial charge is 0.416 e. The first-order valence-corrected chi connectivity index (χ1v) is 10.4. The number of rotatable bonds is 5. The van der Waals surface area contributed by atoms with E-state index in [9.17, 15) is 4.79 Å². The maximum atomic E-state index is 12.9. The van der Waals surface area contributed by atoms with Crippen LogP contribution in [0.5, 0.6) is 5.75 Å². The number of hydrogen-bond donors (Lipinski definition) is 0. The predicted molar refractivity (Wildman–Crippen MR) is 118 cm³/mol.